The maximum Gasteiger partial charge on any atom is 0.185 e. The Balaban J connectivity index is 2.07. The first-order valence-corrected chi connectivity index (χ1v) is 7.46. The minimum Gasteiger partial charge on any atom is -0.385 e. The molecule has 1 spiro atoms. The number of methoxy groups -OCH3 is 2. The summed E-state index contributed by atoms with van der Waals surface area (Å²) < 4.78 is 16.6. The first kappa shape index (κ1) is 15.2. The predicted molar refractivity (Wildman–Crippen MR) is 72.9 cm³/mol. The number of aliphatic hydroxyl groups is 1. The van der Waals surface area contributed by atoms with E-state index < -0.39 is 11.9 Å². The molecular formula is C15H28O4. The zero-order chi connectivity index (χ0) is 13.9. The fourth-order valence-electron chi connectivity index (χ4n) is 3.84. The Morgan fingerprint density at radius 3 is 2.42 bits per heavy atom. The van der Waals surface area contributed by atoms with Crippen molar-refractivity contribution in [3.63, 3.8) is 0 Å². The summed E-state index contributed by atoms with van der Waals surface area (Å²) in [6, 6.07) is 0. The molecule has 19 heavy (non-hydrogen) atoms. The molecule has 2 unspecified atom stereocenters. The lowest BCUT2D eigenvalue weighted by Crippen LogP contribution is -2.54. The number of hydrogen-bond acceptors (Lipinski definition) is 4. The van der Waals surface area contributed by atoms with Gasteiger partial charge in [-0.25, -0.2) is 0 Å². The summed E-state index contributed by atoms with van der Waals surface area (Å²) in [6.07, 6.45) is 7.27. The lowest BCUT2D eigenvalue weighted by Gasteiger charge is -2.48. The summed E-state index contributed by atoms with van der Waals surface area (Å²) in [5.41, 5.74) is -0.963. The van der Waals surface area contributed by atoms with Crippen molar-refractivity contribution < 1.29 is 19.3 Å². The van der Waals surface area contributed by atoms with E-state index in [2.05, 4.69) is 0 Å². The first-order chi connectivity index (χ1) is 9.04. The van der Waals surface area contributed by atoms with Crippen LogP contribution in [0.4, 0.5) is 0 Å². The van der Waals surface area contributed by atoms with E-state index in [0.29, 0.717) is 0 Å². The Hall–Kier alpha value is -0.160. The minimum absolute atomic E-state index is 0.00279. The van der Waals surface area contributed by atoms with E-state index in [1.165, 1.54) is 19.3 Å². The van der Waals surface area contributed by atoms with Crippen molar-refractivity contribution in [3.05, 3.63) is 0 Å². The van der Waals surface area contributed by atoms with E-state index in [1.807, 2.05) is 6.92 Å². The van der Waals surface area contributed by atoms with Crippen LogP contribution >= 0.6 is 0 Å². The molecule has 1 aliphatic carbocycles. The molecule has 0 aromatic rings. The van der Waals surface area contributed by atoms with Crippen molar-refractivity contribution in [2.24, 2.45) is 5.92 Å². The van der Waals surface area contributed by atoms with Gasteiger partial charge in [-0.1, -0.05) is 19.3 Å². The zero-order valence-electron chi connectivity index (χ0n) is 12.5. The summed E-state index contributed by atoms with van der Waals surface area (Å²) >= 11 is 0. The van der Waals surface area contributed by atoms with Crippen molar-refractivity contribution in [2.75, 3.05) is 20.8 Å². The van der Waals surface area contributed by atoms with Gasteiger partial charge in [0.1, 0.15) is 5.60 Å². The largest absolute Gasteiger partial charge is 0.385 e. The van der Waals surface area contributed by atoms with Crippen LogP contribution in [-0.4, -0.2) is 43.4 Å². The lowest BCUT2D eigenvalue weighted by atomic mass is 9.71. The molecule has 0 amide bonds. The molecule has 1 saturated carbocycles. The van der Waals surface area contributed by atoms with Gasteiger partial charge in [-0.3, -0.25) is 0 Å². The number of ether oxygens (including phenoxy) is 3. The van der Waals surface area contributed by atoms with Crippen molar-refractivity contribution >= 4 is 0 Å². The van der Waals surface area contributed by atoms with Crippen molar-refractivity contribution in [3.8, 4) is 0 Å². The maximum atomic E-state index is 10.8. The molecule has 2 atom stereocenters. The van der Waals surface area contributed by atoms with E-state index in [4.69, 9.17) is 14.2 Å². The number of rotatable bonds is 4. The average Bonchev–Trinajstić information content (AvgIpc) is 2.41. The number of hydrogen-bond donors (Lipinski definition) is 1. The fraction of sp³-hybridized carbons (Fsp3) is 1.00. The highest BCUT2D eigenvalue weighted by Gasteiger charge is 2.48. The molecule has 0 aromatic heterocycles. The smallest absolute Gasteiger partial charge is 0.185 e. The van der Waals surface area contributed by atoms with E-state index in [0.717, 1.165) is 32.3 Å². The predicted octanol–water partition coefficient (Wildman–Crippen LogP) is 2.49. The Morgan fingerprint density at radius 1 is 1.21 bits per heavy atom. The molecular weight excluding hydrogens is 244 g/mol. The molecule has 112 valence electrons. The molecule has 4 nitrogen and oxygen atoms in total. The normalized spacial score (nSPS) is 30.5. The SMILES string of the molecule is COC(OC)C(C)(O)C1CCOC2(CCCCC2)C1. The Kier molecular flexibility index (Phi) is 4.88. The van der Waals surface area contributed by atoms with Crippen LogP contribution in [0, 0.1) is 5.92 Å². The van der Waals surface area contributed by atoms with Gasteiger partial charge >= 0.3 is 0 Å². The molecule has 1 aliphatic heterocycles. The Bertz CT molecular complexity index is 274. The van der Waals surface area contributed by atoms with Gasteiger partial charge in [0.2, 0.25) is 0 Å². The molecule has 0 radical (unpaired) electrons. The highest BCUT2D eigenvalue weighted by Crippen LogP contribution is 2.44. The van der Waals surface area contributed by atoms with Crippen LogP contribution in [0.3, 0.4) is 0 Å². The summed E-state index contributed by atoms with van der Waals surface area (Å²) in [7, 11) is 3.16. The van der Waals surface area contributed by atoms with Gasteiger partial charge in [0, 0.05) is 20.8 Å². The van der Waals surface area contributed by atoms with Crippen molar-refractivity contribution in [2.45, 2.75) is 69.4 Å². The summed E-state index contributed by atoms with van der Waals surface area (Å²) in [6.45, 7) is 2.57. The second-order valence-electron chi connectivity index (χ2n) is 6.31. The van der Waals surface area contributed by atoms with Crippen LogP contribution in [0.2, 0.25) is 0 Å². The van der Waals surface area contributed by atoms with Gasteiger partial charge in [0.05, 0.1) is 5.60 Å². The van der Waals surface area contributed by atoms with E-state index in [-0.39, 0.29) is 11.5 Å². The third-order valence-electron chi connectivity index (χ3n) is 4.99. The summed E-state index contributed by atoms with van der Waals surface area (Å²) in [5, 5.41) is 10.8. The second kappa shape index (κ2) is 6.08. The van der Waals surface area contributed by atoms with Crippen LogP contribution in [0.25, 0.3) is 0 Å². The van der Waals surface area contributed by atoms with Gasteiger partial charge in [-0.2, -0.15) is 0 Å². The molecule has 1 saturated heterocycles. The van der Waals surface area contributed by atoms with Crippen LogP contribution in [0.1, 0.15) is 51.9 Å². The molecule has 2 fully saturated rings. The highest BCUT2D eigenvalue weighted by atomic mass is 16.7. The van der Waals surface area contributed by atoms with Gasteiger partial charge in [0.15, 0.2) is 6.29 Å². The quantitative estimate of drug-likeness (QED) is 0.799. The van der Waals surface area contributed by atoms with Crippen LogP contribution < -0.4 is 0 Å². The van der Waals surface area contributed by atoms with E-state index in [9.17, 15) is 5.11 Å². The van der Waals surface area contributed by atoms with Crippen LogP contribution in [-0.2, 0) is 14.2 Å². The summed E-state index contributed by atoms with van der Waals surface area (Å²) in [5.74, 6) is 0.171. The Labute approximate surface area is 116 Å². The second-order valence-corrected chi connectivity index (χ2v) is 6.31. The molecule has 4 heteroatoms. The van der Waals surface area contributed by atoms with Gasteiger partial charge in [-0.05, 0) is 38.5 Å². The van der Waals surface area contributed by atoms with Crippen molar-refractivity contribution in [1.82, 2.24) is 0 Å². The average molecular weight is 272 g/mol. The molecule has 2 aliphatic rings. The van der Waals surface area contributed by atoms with Crippen molar-refractivity contribution in [1.29, 1.82) is 0 Å². The maximum absolute atomic E-state index is 10.8. The minimum atomic E-state index is -0.961. The third kappa shape index (κ3) is 3.13. The van der Waals surface area contributed by atoms with Crippen LogP contribution in [0.5, 0.6) is 0 Å². The molecule has 0 bridgehead atoms. The molecule has 2 rings (SSSR count). The molecule has 1 heterocycles. The molecule has 0 aromatic carbocycles. The lowest BCUT2D eigenvalue weighted by molar-refractivity contribution is -0.247. The topological polar surface area (TPSA) is 47.9 Å². The first-order valence-electron chi connectivity index (χ1n) is 7.46. The van der Waals surface area contributed by atoms with E-state index in [1.54, 1.807) is 14.2 Å². The summed E-state index contributed by atoms with van der Waals surface area (Å²) in [4.78, 5) is 0. The third-order valence-corrected chi connectivity index (χ3v) is 4.99. The molecule has 1 N–H and O–H groups in total. The Morgan fingerprint density at radius 2 is 1.84 bits per heavy atom. The van der Waals surface area contributed by atoms with Gasteiger partial charge < -0.3 is 19.3 Å². The highest BCUT2D eigenvalue weighted by molar-refractivity contribution is 4.96. The van der Waals surface area contributed by atoms with E-state index >= 15 is 0 Å². The monoisotopic (exact) mass is 272 g/mol. The van der Waals surface area contributed by atoms with Crippen LogP contribution in [0.15, 0.2) is 0 Å². The standard InChI is InChI=1S/C15H28O4/c1-14(16,13(17-2)18-3)12-7-10-19-15(11-12)8-5-4-6-9-15/h12-13,16H,4-11H2,1-3H3. The fourth-order valence-corrected chi connectivity index (χ4v) is 3.84. The van der Waals surface area contributed by atoms with Gasteiger partial charge in [0.25, 0.3) is 0 Å². The zero-order valence-corrected chi connectivity index (χ0v) is 12.5. The van der Waals surface area contributed by atoms with Gasteiger partial charge in [-0.15, -0.1) is 0 Å².